The molecular weight excluding hydrogens is 428 g/mol. The van der Waals surface area contributed by atoms with Gasteiger partial charge in [-0.1, -0.05) is 67.1 Å². The van der Waals surface area contributed by atoms with Crippen molar-refractivity contribution in [2.24, 2.45) is 11.1 Å². The van der Waals surface area contributed by atoms with Crippen LogP contribution in [0.4, 0.5) is 0 Å². The topological polar surface area (TPSA) is 104 Å². The molecule has 6 heteroatoms. The van der Waals surface area contributed by atoms with Crippen LogP contribution in [-0.4, -0.2) is 50.2 Å². The summed E-state index contributed by atoms with van der Waals surface area (Å²) in [6.07, 6.45) is 2.23. The number of carbonyl (C=O) groups is 2. The molecule has 1 saturated carbocycles. The van der Waals surface area contributed by atoms with Crippen molar-refractivity contribution in [3.63, 3.8) is 0 Å². The Morgan fingerprint density at radius 1 is 0.853 bits per heavy atom. The van der Waals surface area contributed by atoms with Crippen LogP contribution in [0.2, 0.25) is 0 Å². The zero-order valence-electron chi connectivity index (χ0n) is 20.7. The van der Waals surface area contributed by atoms with Crippen LogP contribution in [0.25, 0.3) is 0 Å². The van der Waals surface area contributed by atoms with E-state index in [2.05, 4.69) is 0 Å². The molecule has 2 atom stereocenters. The predicted octanol–water partition coefficient (Wildman–Crippen LogP) is 3.24. The van der Waals surface area contributed by atoms with Gasteiger partial charge in [-0.25, -0.2) is 0 Å². The van der Waals surface area contributed by atoms with Gasteiger partial charge in [0, 0.05) is 0 Å². The largest absolute Gasteiger partial charge is 0.388 e. The summed E-state index contributed by atoms with van der Waals surface area (Å²) in [7, 11) is 0. The second-order valence-electron chi connectivity index (χ2n) is 10.7. The Hall–Kier alpha value is -2.70. The summed E-state index contributed by atoms with van der Waals surface area (Å²) in [5.74, 6) is -1.05. The van der Waals surface area contributed by atoms with Gasteiger partial charge in [0.1, 0.15) is 5.41 Å². The van der Waals surface area contributed by atoms with Crippen LogP contribution in [0.5, 0.6) is 0 Å². The molecule has 2 amide bonds. The number of primary amides is 1. The van der Waals surface area contributed by atoms with Crippen LogP contribution in [0.3, 0.4) is 0 Å². The first-order chi connectivity index (χ1) is 15.9. The van der Waals surface area contributed by atoms with E-state index in [0.717, 1.165) is 17.5 Å². The summed E-state index contributed by atoms with van der Waals surface area (Å²) < 4.78 is 0. The molecule has 0 aliphatic heterocycles. The average molecular weight is 467 g/mol. The highest BCUT2D eigenvalue weighted by molar-refractivity contribution is 6.05. The Morgan fingerprint density at radius 3 is 1.50 bits per heavy atom. The Balaban J connectivity index is 2.16. The molecule has 1 aliphatic rings. The maximum Gasteiger partial charge on any atom is 0.238 e. The zero-order chi connectivity index (χ0) is 25.1. The van der Waals surface area contributed by atoms with Gasteiger partial charge in [0.2, 0.25) is 11.8 Å². The Bertz CT molecular complexity index is 913. The third-order valence-electron chi connectivity index (χ3n) is 7.17. The quantitative estimate of drug-likeness (QED) is 0.468. The first kappa shape index (κ1) is 25.9. The van der Waals surface area contributed by atoms with Crippen molar-refractivity contribution in [3.05, 3.63) is 71.8 Å². The van der Waals surface area contributed by atoms with Gasteiger partial charge in [-0.2, -0.15) is 0 Å². The molecule has 3 rings (SSSR count). The molecule has 4 N–H and O–H groups in total. The van der Waals surface area contributed by atoms with Crippen molar-refractivity contribution >= 4 is 11.8 Å². The van der Waals surface area contributed by atoms with Gasteiger partial charge in [0.05, 0.1) is 23.3 Å². The number of rotatable bonds is 10. The van der Waals surface area contributed by atoms with Crippen molar-refractivity contribution < 1.29 is 19.8 Å². The second-order valence-corrected chi connectivity index (χ2v) is 10.7. The first-order valence-electron chi connectivity index (χ1n) is 12.0. The van der Waals surface area contributed by atoms with Crippen LogP contribution in [0, 0.1) is 5.41 Å². The van der Waals surface area contributed by atoms with Crippen molar-refractivity contribution in [2.45, 2.75) is 83.1 Å². The Kier molecular flexibility index (Phi) is 7.53. The van der Waals surface area contributed by atoms with Gasteiger partial charge in [0.25, 0.3) is 0 Å². The lowest BCUT2D eigenvalue weighted by Gasteiger charge is -2.52. The number of hydrogen-bond acceptors (Lipinski definition) is 4. The summed E-state index contributed by atoms with van der Waals surface area (Å²) in [6, 6.07) is 17.9. The van der Waals surface area contributed by atoms with Crippen molar-refractivity contribution in [2.75, 3.05) is 0 Å². The van der Waals surface area contributed by atoms with Gasteiger partial charge < -0.3 is 20.8 Å². The fourth-order valence-electron chi connectivity index (χ4n) is 4.90. The molecule has 1 fully saturated rings. The fraction of sp³-hybridized carbons (Fsp3) is 0.500. The fourth-order valence-corrected chi connectivity index (χ4v) is 4.90. The molecule has 0 saturated heterocycles. The number of hydrogen-bond donors (Lipinski definition) is 3. The summed E-state index contributed by atoms with van der Waals surface area (Å²) in [6.45, 7) is 6.68. The minimum Gasteiger partial charge on any atom is -0.388 e. The SMILES string of the molecule is CC(C)(O)[C@@H](Cc1ccccc1)N(C(=O)C1(C(N)=O)CCC1)[C@H](Cc1ccccc1)C(C)(C)O. The average Bonchev–Trinajstić information content (AvgIpc) is 2.71. The first-order valence-corrected chi connectivity index (χ1v) is 12.0. The number of nitrogens with two attached hydrogens (primary N) is 1. The third-order valence-corrected chi connectivity index (χ3v) is 7.17. The second kappa shape index (κ2) is 9.88. The highest BCUT2D eigenvalue weighted by Gasteiger charge is 2.56. The van der Waals surface area contributed by atoms with E-state index in [9.17, 15) is 19.8 Å². The number of nitrogens with zero attached hydrogens (tertiary/aromatic N) is 1. The zero-order valence-corrected chi connectivity index (χ0v) is 20.7. The van der Waals surface area contributed by atoms with Crippen LogP contribution in [0.15, 0.2) is 60.7 Å². The van der Waals surface area contributed by atoms with Crippen molar-refractivity contribution in [1.29, 1.82) is 0 Å². The monoisotopic (exact) mass is 466 g/mol. The normalized spacial score (nSPS) is 17.4. The molecule has 0 radical (unpaired) electrons. The van der Waals surface area contributed by atoms with E-state index in [-0.39, 0.29) is 0 Å². The van der Waals surface area contributed by atoms with E-state index in [4.69, 9.17) is 5.73 Å². The molecule has 2 aromatic carbocycles. The molecule has 34 heavy (non-hydrogen) atoms. The molecule has 0 unspecified atom stereocenters. The maximum absolute atomic E-state index is 14.2. The van der Waals surface area contributed by atoms with E-state index in [1.165, 1.54) is 0 Å². The highest BCUT2D eigenvalue weighted by Crippen LogP contribution is 2.45. The number of carbonyl (C=O) groups excluding carboxylic acids is 2. The van der Waals surface area contributed by atoms with Crippen molar-refractivity contribution in [3.8, 4) is 0 Å². The van der Waals surface area contributed by atoms with Gasteiger partial charge >= 0.3 is 0 Å². The lowest BCUT2D eigenvalue weighted by atomic mass is 9.66. The maximum atomic E-state index is 14.2. The highest BCUT2D eigenvalue weighted by atomic mass is 16.3. The van der Waals surface area contributed by atoms with E-state index in [1.807, 2.05) is 60.7 Å². The molecule has 0 bridgehead atoms. The predicted molar refractivity (Wildman–Crippen MR) is 133 cm³/mol. The van der Waals surface area contributed by atoms with Crippen LogP contribution >= 0.6 is 0 Å². The summed E-state index contributed by atoms with van der Waals surface area (Å²) in [4.78, 5) is 28.4. The lowest BCUT2D eigenvalue weighted by molar-refractivity contribution is -0.171. The minimum atomic E-state index is -1.31. The standard InChI is InChI=1S/C28H38N2O4/c1-26(2,33)22(18-20-12-7-5-8-13-20)30(25(32)28(24(29)31)16-11-17-28)23(27(3,4)34)19-21-14-9-6-10-15-21/h5-10,12-15,22-23,33-34H,11,16-19H2,1-4H3,(H2,29,31)/t22-,23-/m1/s1. The smallest absolute Gasteiger partial charge is 0.238 e. The molecule has 184 valence electrons. The van der Waals surface area contributed by atoms with Gasteiger partial charge in [0.15, 0.2) is 0 Å². The summed E-state index contributed by atoms with van der Waals surface area (Å²) >= 11 is 0. The molecule has 6 nitrogen and oxygen atoms in total. The Morgan fingerprint density at radius 2 is 1.24 bits per heavy atom. The molecule has 0 heterocycles. The molecule has 1 aliphatic carbocycles. The summed E-state index contributed by atoms with van der Waals surface area (Å²) in [5, 5.41) is 22.7. The number of amides is 2. The minimum absolute atomic E-state index is 0.367. The van der Waals surface area contributed by atoms with Crippen LogP contribution in [0.1, 0.15) is 58.1 Å². The van der Waals surface area contributed by atoms with E-state index in [1.54, 1.807) is 32.6 Å². The van der Waals surface area contributed by atoms with Gasteiger partial charge in [-0.05, 0) is 64.5 Å². The van der Waals surface area contributed by atoms with Crippen molar-refractivity contribution in [1.82, 2.24) is 4.90 Å². The number of aliphatic hydroxyl groups is 2. The van der Waals surface area contributed by atoms with Crippen LogP contribution < -0.4 is 5.73 Å². The van der Waals surface area contributed by atoms with Crippen LogP contribution in [-0.2, 0) is 22.4 Å². The van der Waals surface area contributed by atoms with E-state index < -0.39 is 40.5 Å². The number of benzene rings is 2. The Labute approximate surface area is 202 Å². The molecular formula is C28H38N2O4. The van der Waals surface area contributed by atoms with E-state index in [0.29, 0.717) is 25.7 Å². The molecule has 2 aromatic rings. The van der Waals surface area contributed by atoms with Gasteiger partial charge in [-0.3, -0.25) is 9.59 Å². The summed E-state index contributed by atoms with van der Waals surface area (Å²) in [5.41, 5.74) is 3.75. The van der Waals surface area contributed by atoms with E-state index >= 15 is 0 Å². The lowest BCUT2D eigenvalue weighted by Crippen LogP contribution is -2.67. The molecule has 0 aromatic heterocycles. The molecule has 0 spiro atoms. The van der Waals surface area contributed by atoms with Gasteiger partial charge in [-0.15, -0.1) is 0 Å². The third kappa shape index (κ3) is 5.50.